The average molecular weight is 397 g/mol. The van der Waals surface area contributed by atoms with Crippen molar-refractivity contribution in [2.75, 3.05) is 18.2 Å². The van der Waals surface area contributed by atoms with Crippen LogP contribution in [0.25, 0.3) is 11.3 Å². The van der Waals surface area contributed by atoms with E-state index >= 15 is 0 Å². The monoisotopic (exact) mass is 397 g/mol. The number of hydrogen-bond donors (Lipinski definition) is 3. The van der Waals surface area contributed by atoms with Crippen molar-refractivity contribution in [3.63, 3.8) is 0 Å². The largest absolute Gasteiger partial charge is 0.504 e. The highest BCUT2D eigenvalue weighted by atomic mass is 32.2. The summed E-state index contributed by atoms with van der Waals surface area (Å²) in [4.78, 5) is 15.8. The molecule has 3 aromatic rings. The molecule has 144 valence electrons. The number of rotatable bonds is 5. The number of H-pyrrole nitrogens is 1. The molecule has 1 aliphatic heterocycles. The predicted molar refractivity (Wildman–Crippen MR) is 108 cm³/mol. The molecule has 0 aliphatic carbocycles. The molecule has 7 nitrogen and oxygen atoms in total. The Labute approximate surface area is 166 Å². The van der Waals surface area contributed by atoms with Gasteiger partial charge in [0, 0.05) is 16.4 Å². The highest BCUT2D eigenvalue weighted by Crippen LogP contribution is 2.34. The second kappa shape index (κ2) is 7.55. The summed E-state index contributed by atoms with van der Waals surface area (Å²) in [7, 11) is 1.51. The van der Waals surface area contributed by atoms with Crippen molar-refractivity contribution in [3.05, 3.63) is 58.4 Å². The standard InChI is InChI=1S/C20H20N4O3S/c1-3-10-28-20-22-19(26)17-13-6-4-5-7-14(13)21-18(24(17)23-20)12-8-9-15(25)16(11-12)27-2/h4-9,11,18H,3,10H2,1-2H3,(H2,22,23,25,26)/p+1/t18-/m1/s1. The maximum Gasteiger partial charge on any atom is 0.325 e. The Hall–Kier alpha value is -3.00. The second-order valence-corrected chi connectivity index (χ2v) is 7.51. The van der Waals surface area contributed by atoms with Crippen molar-refractivity contribution in [2.24, 2.45) is 0 Å². The Morgan fingerprint density at radius 2 is 2.11 bits per heavy atom. The lowest BCUT2D eigenvalue weighted by Gasteiger charge is -2.22. The number of thioether (sulfide) groups is 1. The molecular formula is C20H21N4O3S+. The molecule has 0 fully saturated rings. The molecule has 3 N–H and O–H groups in total. The zero-order valence-electron chi connectivity index (χ0n) is 15.6. The fraction of sp³-hybridized carbons (Fsp3) is 0.250. The molecule has 1 atom stereocenters. The quantitative estimate of drug-likeness (QED) is 0.453. The van der Waals surface area contributed by atoms with Crippen LogP contribution in [0.1, 0.15) is 25.1 Å². The molecule has 1 aromatic heterocycles. The van der Waals surface area contributed by atoms with Gasteiger partial charge in [0.05, 0.1) is 18.4 Å². The highest BCUT2D eigenvalue weighted by molar-refractivity contribution is 7.99. The van der Waals surface area contributed by atoms with Crippen LogP contribution in [-0.4, -0.2) is 28.1 Å². The van der Waals surface area contributed by atoms with E-state index in [0.29, 0.717) is 16.6 Å². The van der Waals surface area contributed by atoms with E-state index in [9.17, 15) is 9.90 Å². The summed E-state index contributed by atoms with van der Waals surface area (Å²) in [6, 6.07) is 12.8. The molecule has 0 unspecified atom stereocenters. The van der Waals surface area contributed by atoms with Gasteiger partial charge in [0.25, 0.3) is 6.17 Å². The molecule has 28 heavy (non-hydrogen) atoms. The lowest BCUT2D eigenvalue weighted by molar-refractivity contribution is -0.759. The minimum Gasteiger partial charge on any atom is -0.504 e. The Morgan fingerprint density at radius 1 is 1.29 bits per heavy atom. The van der Waals surface area contributed by atoms with Crippen molar-refractivity contribution < 1.29 is 14.5 Å². The number of anilines is 1. The molecule has 2 heterocycles. The average Bonchev–Trinajstić information content (AvgIpc) is 2.71. The normalized spacial score (nSPS) is 14.7. The molecule has 8 heteroatoms. The van der Waals surface area contributed by atoms with Gasteiger partial charge in [-0.05, 0) is 41.4 Å². The number of para-hydroxylation sites is 1. The fourth-order valence-corrected chi connectivity index (χ4v) is 3.95. The number of phenols is 1. The van der Waals surface area contributed by atoms with Gasteiger partial charge in [-0.1, -0.05) is 30.8 Å². The number of nitrogens with one attached hydrogen (secondary N) is 2. The van der Waals surface area contributed by atoms with Crippen molar-refractivity contribution in [3.8, 4) is 22.8 Å². The zero-order chi connectivity index (χ0) is 19.7. The Morgan fingerprint density at radius 3 is 2.89 bits per heavy atom. The van der Waals surface area contributed by atoms with Crippen LogP contribution in [0.2, 0.25) is 0 Å². The van der Waals surface area contributed by atoms with Crippen molar-refractivity contribution in [1.29, 1.82) is 0 Å². The molecule has 0 bridgehead atoms. The summed E-state index contributed by atoms with van der Waals surface area (Å²) < 4.78 is 6.97. The summed E-state index contributed by atoms with van der Waals surface area (Å²) in [5.74, 6) is 1.29. The van der Waals surface area contributed by atoms with Crippen LogP contribution >= 0.6 is 11.8 Å². The first kappa shape index (κ1) is 18.4. The van der Waals surface area contributed by atoms with Crippen LogP contribution in [0.4, 0.5) is 5.69 Å². The molecule has 0 radical (unpaired) electrons. The van der Waals surface area contributed by atoms with Gasteiger partial charge in [-0.15, -0.1) is 0 Å². The summed E-state index contributed by atoms with van der Waals surface area (Å²) in [6.07, 6.45) is 0.568. The van der Waals surface area contributed by atoms with Gasteiger partial charge in [-0.3, -0.25) is 9.78 Å². The van der Waals surface area contributed by atoms with E-state index < -0.39 is 6.17 Å². The van der Waals surface area contributed by atoms with Crippen LogP contribution in [-0.2, 0) is 0 Å². The lowest BCUT2D eigenvalue weighted by atomic mass is 10.0. The summed E-state index contributed by atoms with van der Waals surface area (Å²) in [5, 5.41) is 18.7. The van der Waals surface area contributed by atoms with E-state index in [4.69, 9.17) is 9.84 Å². The number of hydrogen-bond acceptors (Lipinski definition) is 6. The first-order valence-corrected chi connectivity index (χ1v) is 10.0. The number of aromatic hydroxyl groups is 1. The van der Waals surface area contributed by atoms with E-state index in [1.165, 1.54) is 18.9 Å². The van der Waals surface area contributed by atoms with Gasteiger partial charge < -0.3 is 15.2 Å². The molecular weight excluding hydrogens is 376 g/mol. The summed E-state index contributed by atoms with van der Waals surface area (Å²) in [6.45, 7) is 2.08. The maximum absolute atomic E-state index is 12.9. The number of phenolic OH excluding ortho intramolecular Hbond substituents is 1. The summed E-state index contributed by atoms with van der Waals surface area (Å²) in [5.41, 5.74) is 2.77. The third kappa shape index (κ3) is 3.20. The van der Waals surface area contributed by atoms with Gasteiger partial charge in [0.15, 0.2) is 11.5 Å². The molecule has 0 saturated heterocycles. The first-order chi connectivity index (χ1) is 13.6. The number of aromatic nitrogens is 3. The third-order valence-electron chi connectivity index (χ3n) is 4.54. The van der Waals surface area contributed by atoms with Crippen molar-refractivity contribution >= 4 is 17.4 Å². The molecule has 4 rings (SSSR count). The maximum atomic E-state index is 12.9. The number of aromatic amines is 1. The molecule has 1 aliphatic rings. The number of methoxy groups -OCH3 is 1. The van der Waals surface area contributed by atoms with Gasteiger partial charge in [0.1, 0.15) is 0 Å². The lowest BCUT2D eigenvalue weighted by Crippen LogP contribution is -2.55. The zero-order valence-corrected chi connectivity index (χ0v) is 16.4. The van der Waals surface area contributed by atoms with Gasteiger partial charge in [0.2, 0.25) is 5.16 Å². The van der Waals surface area contributed by atoms with E-state index in [1.807, 2.05) is 24.3 Å². The van der Waals surface area contributed by atoms with Crippen LogP contribution in [0.3, 0.4) is 0 Å². The van der Waals surface area contributed by atoms with Crippen LogP contribution in [0.5, 0.6) is 11.5 Å². The Balaban J connectivity index is 1.91. The number of ether oxygens (including phenoxy) is 1. The predicted octanol–water partition coefficient (Wildman–Crippen LogP) is 2.91. The minimum atomic E-state index is -0.414. The number of benzene rings is 2. The number of fused-ring (bicyclic) bond motifs is 3. The highest BCUT2D eigenvalue weighted by Gasteiger charge is 2.37. The molecule has 2 aromatic carbocycles. The van der Waals surface area contributed by atoms with E-state index in [-0.39, 0.29) is 11.3 Å². The first-order valence-electron chi connectivity index (χ1n) is 9.04. The van der Waals surface area contributed by atoms with E-state index in [2.05, 4.69) is 17.2 Å². The SMILES string of the molecule is CCCSc1n[n+]2c(c(=O)[nH]1)-c1ccccc1N[C@H]2c1ccc(O)c(OC)c1. The summed E-state index contributed by atoms with van der Waals surface area (Å²) >= 11 is 1.52. The van der Waals surface area contributed by atoms with Crippen LogP contribution in [0, 0.1) is 0 Å². The van der Waals surface area contributed by atoms with Crippen LogP contribution in [0.15, 0.2) is 52.4 Å². The minimum absolute atomic E-state index is 0.0609. The molecule has 0 saturated carbocycles. The van der Waals surface area contributed by atoms with Crippen molar-refractivity contribution in [2.45, 2.75) is 24.7 Å². The Kier molecular flexibility index (Phi) is 4.95. The fourth-order valence-electron chi connectivity index (χ4n) is 3.24. The smallest absolute Gasteiger partial charge is 0.325 e. The molecule has 0 amide bonds. The van der Waals surface area contributed by atoms with E-state index in [1.54, 1.807) is 22.9 Å². The van der Waals surface area contributed by atoms with Gasteiger partial charge in [-0.25, -0.2) is 0 Å². The van der Waals surface area contributed by atoms with Gasteiger partial charge >= 0.3 is 11.3 Å². The topological polar surface area (TPSA) is 91.1 Å². The third-order valence-corrected chi connectivity index (χ3v) is 5.61. The number of nitrogens with zero attached hydrogens (tertiary/aromatic N) is 2. The van der Waals surface area contributed by atoms with E-state index in [0.717, 1.165) is 29.0 Å². The molecule has 0 spiro atoms. The van der Waals surface area contributed by atoms with Crippen LogP contribution < -0.4 is 20.3 Å². The Bertz CT molecular complexity index is 1080. The second-order valence-electron chi connectivity index (χ2n) is 6.42. The van der Waals surface area contributed by atoms with Gasteiger partial charge in [-0.2, -0.15) is 0 Å². The van der Waals surface area contributed by atoms with Crippen molar-refractivity contribution in [1.82, 2.24) is 10.1 Å².